The average molecular weight is 798 g/mol. The first-order chi connectivity index (χ1) is 30.3. The molecule has 1 aliphatic rings. The lowest BCUT2D eigenvalue weighted by atomic mass is 9.97. The molecular weight excluding hydrogens is 763 g/mol. The molecule has 13 rings (SSSR count). The molecular formula is C56H35N3OS. The Labute approximate surface area is 356 Å². The molecule has 0 spiro atoms. The molecule has 4 nitrogen and oxygen atoms in total. The Morgan fingerprint density at radius 2 is 0.869 bits per heavy atom. The van der Waals surface area contributed by atoms with E-state index >= 15 is 0 Å². The summed E-state index contributed by atoms with van der Waals surface area (Å²) in [5.74, 6) is 0. The first-order valence-electron chi connectivity index (χ1n) is 20.7. The second-order valence-corrected chi connectivity index (χ2v) is 16.7. The molecule has 0 radical (unpaired) electrons. The quantitative estimate of drug-likeness (QED) is 0.173. The summed E-state index contributed by atoms with van der Waals surface area (Å²) in [4.78, 5) is 7.37. The summed E-state index contributed by atoms with van der Waals surface area (Å²) >= 11 is 1.90. The molecule has 3 heterocycles. The molecule has 0 aliphatic carbocycles. The zero-order valence-electron chi connectivity index (χ0n) is 32.9. The zero-order chi connectivity index (χ0) is 40.0. The highest BCUT2D eigenvalue weighted by molar-refractivity contribution is 7.27. The highest BCUT2D eigenvalue weighted by Gasteiger charge is 2.31. The maximum atomic E-state index is 6.44. The van der Waals surface area contributed by atoms with Crippen LogP contribution in [0.15, 0.2) is 217 Å². The van der Waals surface area contributed by atoms with Gasteiger partial charge in [-0.1, -0.05) is 121 Å². The Kier molecular flexibility index (Phi) is 7.44. The van der Waals surface area contributed by atoms with Crippen LogP contribution in [0.25, 0.3) is 63.7 Å². The molecule has 0 N–H and O–H groups in total. The van der Waals surface area contributed by atoms with Gasteiger partial charge in [-0.05, 0) is 113 Å². The van der Waals surface area contributed by atoms with Gasteiger partial charge in [-0.3, -0.25) is 0 Å². The molecule has 0 saturated carbocycles. The summed E-state index contributed by atoms with van der Waals surface area (Å²) < 4.78 is 8.94. The number of rotatable bonds is 5. The first kappa shape index (κ1) is 34.0. The number of thiophene rings is 1. The molecule has 5 heteroatoms. The number of hydrogen-bond donors (Lipinski definition) is 0. The van der Waals surface area contributed by atoms with Crippen LogP contribution in [0.3, 0.4) is 0 Å². The van der Waals surface area contributed by atoms with E-state index in [0.29, 0.717) is 0 Å². The molecule has 0 unspecified atom stereocenters. The van der Waals surface area contributed by atoms with E-state index in [9.17, 15) is 0 Å². The molecule has 2 aromatic heterocycles. The molecule has 286 valence electrons. The summed E-state index contributed by atoms with van der Waals surface area (Å²) in [5, 5.41) is 9.65. The van der Waals surface area contributed by atoms with Gasteiger partial charge in [0.05, 0.1) is 32.1 Å². The monoisotopic (exact) mass is 797 g/mol. The van der Waals surface area contributed by atoms with E-state index in [4.69, 9.17) is 4.42 Å². The third-order valence-electron chi connectivity index (χ3n) is 12.3. The van der Waals surface area contributed by atoms with Gasteiger partial charge in [-0.15, -0.1) is 11.3 Å². The van der Waals surface area contributed by atoms with Gasteiger partial charge in [0.2, 0.25) is 0 Å². The summed E-state index contributed by atoms with van der Waals surface area (Å²) in [6.07, 6.45) is 0. The van der Waals surface area contributed by atoms with E-state index in [-0.39, 0.29) is 0 Å². The predicted molar refractivity (Wildman–Crippen MR) is 259 cm³/mol. The Hall–Kier alpha value is -7.86. The summed E-state index contributed by atoms with van der Waals surface area (Å²) in [6, 6.07) is 77.0. The highest BCUT2D eigenvalue weighted by Crippen LogP contribution is 2.57. The predicted octanol–water partition coefficient (Wildman–Crippen LogP) is 17.0. The van der Waals surface area contributed by atoms with Crippen LogP contribution in [-0.4, -0.2) is 0 Å². The minimum atomic E-state index is 0.868. The molecule has 10 aromatic carbocycles. The highest BCUT2D eigenvalue weighted by atomic mass is 32.1. The Morgan fingerprint density at radius 1 is 0.361 bits per heavy atom. The lowest BCUT2D eigenvalue weighted by molar-refractivity contribution is 0.669. The van der Waals surface area contributed by atoms with Crippen molar-refractivity contribution >= 4 is 126 Å². The minimum absolute atomic E-state index is 0.868. The van der Waals surface area contributed by atoms with Gasteiger partial charge in [-0.25, -0.2) is 0 Å². The largest absolute Gasteiger partial charge is 0.456 e. The van der Waals surface area contributed by atoms with E-state index in [0.717, 1.165) is 73.1 Å². The Bertz CT molecular complexity index is 3630. The van der Waals surface area contributed by atoms with Crippen molar-refractivity contribution < 1.29 is 4.42 Å². The fraction of sp³-hybridized carbons (Fsp3) is 0. The molecule has 0 saturated heterocycles. The second kappa shape index (κ2) is 13.3. The van der Waals surface area contributed by atoms with E-state index in [1.807, 2.05) is 17.4 Å². The van der Waals surface area contributed by atoms with Crippen LogP contribution in [0.5, 0.6) is 0 Å². The molecule has 0 fully saturated rings. The van der Waals surface area contributed by atoms with Crippen LogP contribution in [-0.2, 0) is 0 Å². The lowest BCUT2D eigenvalue weighted by Crippen LogP contribution is -2.18. The molecule has 1 aliphatic heterocycles. The van der Waals surface area contributed by atoms with Gasteiger partial charge in [-0.2, -0.15) is 0 Å². The third kappa shape index (κ3) is 5.18. The topological polar surface area (TPSA) is 22.9 Å². The molecule has 0 atom stereocenters. The summed E-state index contributed by atoms with van der Waals surface area (Å²) in [7, 11) is 0. The Balaban J connectivity index is 1.25. The molecule has 61 heavy (non-hydrogen) atoms. The standard InChI is InChI=1S/C56H35N3OS/c1-4-18-38(19-5-1)57(39-20-6-2-7-21-39)47-30-28-42-35-48(47)59(41-29-31-52-46(34-41)45-26-14-15-27-51(45)60-52)50-33-37-17-11-13-25-44(37)54-53-43-24-12-10-16-36(43)32-49(55(53)61-56(50)54)58(42)40-22-8-3-9-23-40/h1-35H. The van der Waals surface area contributed by atoms with Crippen LogP contribution >= 0.6 is 11.3 Å². The van der Waals surface area contributed by atoms with E-state index < -0.39 is 0 Å². The van der Waals surface area contributed by atoms with Gasteiger partial charge in [0.1, 0.15) is 11.2 Å². The van der Waals surface area contributed by atoms with Gasteiger partial charge >= 0.3 is 0 Å². The van der Waals surface area contributed by atoms with Gasteiger partial charge < -0.3 is 19.1 Å². The van der Waals surface area contributed by atoms with Crippen molar-refractivity contribution in [3.05, 3.63) is 212 Å². The van der Waals surface area contributed by atoms with Gasteiger partial charge in [0, 0.05) is 50.0 Å². The zero-order valence-corrected chi connectivity index (χ0v) is 33.7. The summed E-state index contributed by atoms with van der Waals surface area (Å²) in [5.41, 5.74) is 11.5. The average Bonchev–Trinajstić information content (AvgIpc) is 3.91. The Morgan fingerprint density at radius 3 is 1.52 bits per heavy atom. The van der Waals surface area contributed by atoms with Crippen molar-refractivity contribution in [3.8, 4) is 0 Å². The van der Waals surface area contributed by atoms with Crippen LogP contribution in [0.2, 0.25) is 0 Å². The van der Waals surface area contributed by atoms with Crippen molar-refractivity contribution in [1.82, 2.24) is 0 Å². The van der Waals surface area contributed by atoms with E-state index in [1.165, 1.54) is 41.7 Å². The van der Waals surface area contributed by atoms with Crippen molar-refractivity contribution in [2.75, 3.05) is 14.7 Å². The minimum Gasteiger partial charge on any atom is -0.456 e. The smallest absolute Gasteiger partial charge is 0.135 e. The number of anilines is 9. The maximum Gasteiger partial charge on any atom is 0.135 e. The van der Waals surface area contributed by atoms with Crippen LogP contribution < -0.4 is 14.7 Å². The van der Waals surface area contributed by atoms with Crippen molar-refractivity contribution in [1.29, 1.82) is 0 Å². The van der Waals surface area contributed by atoms with Crippen LogP contribution in [0.1, 0.15) is 0 Å². The second-order valence-electron chi connectivity index (χ2n) is 15.7. The number of nitrogens with zero attached hydrogens (tertiary/aromatic N) is 3. The maximum absolute atomic E-state index is 6.44. The molecule has 12 aromatic rings. The lowest BCUT2D eigenvalue weighted by Gasteiger charge is -2.35. The first-order valence-corrected chi connectivity index (χ1v) is 21.5. The van der Waals surface area contributed by atoms with Crippen molar-refractivity contribution in [2.45, 2.75) is 0 Å². The fourth-order valence-electron chi connectivity index (χ4n) is 9.63. The number of furan rings is 1. The van der Waals surface area contributed by atoms with Crippen LogP contribution in [0, 0.1) is 0 Å². The normalized spacial score (nSPS) is 12.5. The third-order valence-corrected chi connectivity index (χ3v) is 13.5. The number of fused-ring (bicyclic) bond motifs is 10. The van der Waals surface area contributed by atoms with Crippen molar-refractivity contribution in [2.24, 2.45) is 0 Å². The van der Waals surface area contributed by atoms with Crippen LogP contribution in [0.4, 0.5) is 51.2 Å². The number of hydrogen-bond acceptors (Lipinski definition) is 5. The SMILES string of the molecule is c1ccc(N(c2ccccc2)c2ccc3cc2N(c2ccc4oc5ccccc5c4c2)c2cc4ccccc4c4c2sc2c(cc5ccccc5c24)N3c2ccccc2)cc1. The molecule has 0 amide bonds. The van der Waals surface area contributed by atoms with E-state index in [2.05, 4.69) is 221 Å². The van der Waals surface area contributed by atoms with E-state index in [1.54, 1.807) is 0 Å². The fourth-order valence-corrected chi connectivity index (χ4v) is 11.0. The summed E-state index contributed by atoms with van der Waals surface area (Å²) in [6.45, 7) is 0. The van der Waals surface area contributed by atoms with Crippen molar-refractivity contribution in [3.63, 3.8) is 0 Å². The van der Waals surface area contributed by atoms with Gasteiger partial charge in [0.25, 0.3) is 0 Å². The number of para-hydroxylation sites is 4. The number of benzene rings is 10. The van der Waals surface area contributed by atoms with Gasteiger partial charge in [0.15, 0.2) is 0 Å². The molecule has 4 bridgehead atoms.